The van der Waals surface area contributed by atoms with E-state index in [0.717, 1.165) is 49.8 Å². The first kappa shape index (κ1) is 17.0. The van der Waals surface area contributed by atoms with E-state index in [1.165, 1.54) is 6.08 Å². The Morgan fingerprint density at radius 1 is 1.41 bits per heavy atom. The van der Waals surface area contributed by atoms with Crippen LogP contribution >= 0.6 is 11.6 Å². The fraction of sp³-hybridized carbons (Fsp3) is 0.625. The quantitative estimate of drug-likeness (QED) is 0.660. The van der Waals surface area contributed by atoms with Crippen LogP contribution in [0, 0.1) is 6.92 Å². The molecule has 1 saturated carbocycles. The van der Waals surface area contributed by atoms with Gasteiger partial charge in [0.1, 0.15) is 5.15 Å². The smallest absolute Gasteiger partial charge is 0.244 e. The highest BCUT2D eigenvalue weighted by Gasteiger charge is 2.27. The summed E-state index contributed by atoms with van der Waals surface area (Å²) in [5.74, 6) is -0.225. The number of amides is 1. The number of nitrogens with one attached hydrogen (secondary N) is 1. The zero-order valence-electron chi connectivity index (χ0n) is 13.2. The molecule has 0 aliphatic heterocycles. The predicted molar refractivity (Wildman–Crippen MR) is 87.7 cm³/mol. The molecule has 1 aromatic rings. The molecule has 5 nitrogen and oxygen atoms in total. The summed E-state index contributed by atoms with van der Waals surface area (Å²) in [6.07, 6.45) is 8.98. The standard InChI is InChI=1S/C16H24ClN3O2/c1-12-13(15(17)20(2)19-12)7-8-14(21)18-11-16(22)9-5-3-4-6-10-16/h7-8,22H,3-6,9-11H2,1-2H3,(H,18,21). The van der Waals surface area contributed by atoms with Crippen molar-refractivity contribution in [1.82, 2.24) is 15.1 Å². The van der Waals surface area contributed by atoms with E-state index in [4.69, 9.17) is 11.6 Å². The molecule has 0 saturated heterocycles. The zero-order valence-corrected chi connectivity index (χ0v) is 14.0. The number of aryl methyl sites for hydroxylation is 2. The number of rotatable bonds is 4. The van der Waals surface area contributed by atoms with Gasteiger partial charge in [0.15, 0.2) is 0 Å². The molecule has 1 fully saturated rings. The van der Waals surface area contributed by atoms with Gasteiger partial charge in [0.25, 0.3) is 0 Å². The second-order valence-corrected chi connectivity index (χ2v) is 6.46. The number of halogens is 1. The van der Waals surface area contributed by atoms with Crippen LogP contribution in [0.4, 0.5) is 0 Å². The van der Waals surface area contributed by atoms with Gasteiger partial charge in [-0.2, -0.15) is 5.10 Å². The van der Waals surface area contributed by atoms with Crippen LogP contribution in [-0.4, -0.2) is 32.9 Å². The van der Waals surface area contributed by atoms with E-state index in [0.29, 0.717) is 11.7 Å². The molecule has 1 amide bonds. The molecule has 0 bridgehead atoms. The summed E-state index contributed by atoms with van der Waals surface area (Å²) in [5.41, 5.74) is 0.758. The topological polar surface area (TPSA) is 67.2 Å². The molecule has 1 aliphatic carbocycles. The van der Waals surface area contributed by atoms with Gasteiger partial charge < -0.3 is 10.4 Å². The lowest BCUT2D eigenvalue weighted by atomic mass is 9.94. The normalized spacial score (nSPS) is 18.4. The highest BCUT2D eigenvalue weighted by atomic mass is 35.5. The molecule has 0 atom stereocenters. The van der Waals surface area contributed by atoms with Crippen molar-refractivity contribution < 1.29 is 9.90 Å². The predicted octanol–water partition coefficient (Wildman–Crippen LogP) is 2.60. The van der Waals surface area contributed by atoms with E-state index in [9.17, 15) is 9.90 Å². The molecular weight excluding hydrogens is 302 g/mol. The van der Waals surface area contributed by atoms with Gasteiger partial charge in [-0.3, -0.25) is 9.48 Å². The van der Waals surface area contributed by atoms with Crippen LogP contribution < -0.4 is 5.32 Å². The number of aromatic nitrogens is 2. The van der Waals surface area contributed by atoms with Gasteiger partial charge in [-0.15, -0.1) is 0 Å². The Balaban J connectivity index is 1.91. The minimum atomic E-state index is -0.762. The first-order valence-corrected chi connectivity index (χ1v) is 8.16. The van der Waals surface area contributed by atoms with Crippen LogP contribution in [0.1, 0.15) is 49.8 Å². The molecule has 1 aliphatic rings. The Kier molecular flexibility index (Phi) is 5.64. The lowest BCUT2D eigenvalue weighted by molar-refractivity contribution is -0.117. The second kappa shape index (κ2) is 7.29. The minimum Gasteiger partial charge on any atom is -0.388 e. The first-order valence-electron chi connectivity index (χ1n) is 7.79. The van der Waals surface area contributed by atoms with E-state index in [1.54, 1.807) is 17.8 Å². The van der Waals surface area contributed by atoms with Crippen LogP contribution in [0.3, 0.4) is 0 Å². The molecule has 2 rings (SSSR count). The second-order valence-electron chi connectivity index (χ2n) is 6.10. The summed E-state index contributed by atoms with van der Waals surface area (Å²) in [6, 6.07) is 0. The number of hydrogen-bond acceptors (Lipinski definition) is 3. The molecule has 122 valence electrons. The number of aliphatic hydroxyl groups is 1. The lowest BCUT2D eigenvalue weighted by Crippen LogP contribution is -2.42. The van der Waals surface area contributed by atoms with Crippen molar-refractivity contribution in [3.63, 3.8) is 0 Å². The van der Waals surface area contributed by atoms with Gasteiger partial charge in [-0.1, -0.05) is 37.3 Å². The van der Waals surface area contributed by atoms with E-state index in [-0.39, 0.29) is 5.91 Å². The van der Waals surface area contributed by atoms with E-state index in [1.807, 2.05) is 6.92 Å². The fourth-order valence-electron chi connectivity index (χ4n) is 2.87. The highest BCUT2D eigenvalue weighted by Crippen LogP contribution is 2.26. The maximum Gasteiger partial charge on any atom is 0.244 e. The summed E-state index contributed by atoms with van der Waals surface area (Å²) in [4.78, 5) is 11.9. The van der Waals surface area contributed by atoms with Gasteiger partial charge in [0.05, 0.1) is 11.3 Å². The van der Waals surface area contributed by atoms with Crippen LogP contribution in [0.15, 0.2) is 6.08 Å². The third-order valence-corrected chi connectivity index (χ3v) is 4.67. The molecule has 0 radical (unpaired) electrons. The number of carbonyl (C=O) groups is 1. The lowest BCUT2D eigenvalue weighted by Gasteiger charge is -2.26. The largest absolute Gasteiger partial charge is 0.388 e. The number of carbonyl (C=O) groups excluding carboxylic acids is 1. The third-order valence-electron chi connectivity index (χ3n) is 4.22. The van der Waals surface area contributed by atoms with Gasteiger partial charge in [-0.25, -0.2) is 0 Å². The van der Waals surface area contributed by atoms with E-state index >= 15 is 0 Å². The summed E-state index contributed by atoms with van der Waals surface area (Å²) >= 11 is 6.11. The van der Waals surface area contributed by atoms with Crippen molar-refractivity contribution in [2.75, 3.05) is 6.54 Å². The van der Waals surface area contributed by atoms with Crippen LogP contribution in [0.5, 0.6) is 0 Å². The molecule has 22 heavy (non-hydrogen) atoms. The van der Waals surface area contributed by atoms with Crippen molar-refractivity contribution in [3.05, 3.63) is 22.5 Å². The van der Waals surface area contributed by atoms with Gasteiger partial charge in [0.2, 0.25) is 5.91 Å². The fourth-order valence-corrected chi connectivity index (χ4v) is 3.11. The number of hydrogen-bond donors (Lipinski definition) is 2. The van der Waals surface area contributed by atoms with Gasteiger partial charge in [-0.05, 0) is 25.8 Å². The highest BCUT2D eigenvalue weighted by molar-refractivity contribution is 6.31. The average molecular weight is 326 g/mol. The SMILES string of the molecule is Cc1nn(C)c(Cl)c1C=CC(=O)NCC1(O)CCCCCC1. The van der Waals surface area contributed by atoms with E-state index < -0.39 is 5.60 Å². The Bertz CT molecular complexity index is 558. The average Bonchev–Trinajstić information content (AvgIpc) is 2.65. The van der Waals surface area contributed by atoms with Crippen LogP contribution in [-0.2, 0) is 11.8 Å². The Labute approximate surface area is 136 Å². The molecule has 0 spiro atoms. The van der Waals surface area contributed by atoms with Gasteiger partial charge >= 0.3 is 0 Å². The summed E-state index contributed by atoms with van der Waals surface area (Å²) in [6.45, 7) is 2.15. The minimum absolute atomic E-state index is 0.225. The monoisotopic (exact) mass is 325 g/mol. The molecular formula is C16H24ClN3O2. The molecule has 1 aromatic heterocycles. The number of nitrogens with zero attached hydrogens (tertiary/aromatic N) is 2. The Morgan fingerprint density at radius 3 is 2.59 bits per heavy atom. The van der Waals surface area contributed by atoms with Crippen molar-refractivity contribution >= 4 is 23.6 Å². The van der Waals surface area contributed by atoms with Crippen LogP contribution in [0.2, 0.25) is 5.15 Å². The van der Waals surface area contributed by atoms with Crippen molar-refractivity contribution in [3.8, 4) is 0 Å². The third kappa shape index (κ3) is 4.34. The molecule has 6 heteroatoms. The summed E-state index contributed by atoms with van der Waals surface area (Å²) < 4.78 is 1.57. The summed E-state index contributed by atoms with van der Waals surface area (Å²) in [5, 5.41) is 18.0. The molecule has 2 N–H and O–H groups in total. The zero-order chi connectivity index (χ0) is 16.2. The molecule has 0 aromatic carbocycles. The first-order chi connectivity index (χ1) is 10.4. The summed E-state index contributed by atoms with van der Waals surface area (Å²) in [7, 11) is 1.76. The van der Waals surface area contributed by atoms with E-state index in [2.05, 4.69) is 10.4 Å². The maximum atomic E-state index is 11.9. The Morgan fingerprint density at radius 2 is 2.05 bits per heavy atom. The van der Waals surface area contributed by atoms with Gasteiger partial charge in [0, 0.05) is 25.2 Å². The Hall–Kier alpha value is -1.33. The van der Waals surface area contributed by atoms with Crippen LogP contribution in [0.25, 0.3) is 6.08 Å². The van der Waals surface area contributed by atoms with Crippen molar-refractivity contribution in [2.24, 2.45) is 7.05 Å². The van der Waals surface area contributed by atoms with Crippen molar-refractivity contribution in [1.29, 1.82) is 0 Å². The maximum absolute atomic E-state index is 11.9. The molecule has 0 unspecified atom stereocenters. The van der Waals surface area contributed by atoms with Crippen molar-refractivity contribution in [2.45, 2.75) is 51.0 Å². The molecule has 1 heterocycles.